The molecule has 3 rings (SSSR count). The maximum atomic E-state index is 12.6. The van der Waals surface area contributed by atoms with Crippen molar-refractivity contribution in [2.45, 2.75) is 20.3 Å². The van der Waals surface area contributed by atoms with Crippen LogP contribution < -0.4 is 15.4 Å². The molecule has 0 radical (unpaired) electrons. The molecule has 0 bridgehead atoms. The molecule has 0 atom stereocenters. The van der Waals surface area contributed by atoms with Crippen LogP contribution >= 0.6 is 0 Å². The molecular weight excluding hydrogens is 350 g/mol. The van der Waals surface area contributed by atoms with Crippen molar-refractivity contribution >= 4 is 17.3 Å². The van der Waals surface area contributed by atoms with Gasteiger partial charge in [0.15, 0.2) is 0 Å². The molecular formula is C23H25N3O2. The van der Waals surface area contributed by atoms with Gasteiger partial charge in [-0.15, -0.1) is 0 Å². The van der Waals surface area contributed by atoms with Gasteiger partial charge in [0.1, 0.15) is 5.75 Å². The SMILES string of the molecule is COc1ccc(CCNc2cncc(C(=O)Nc3ccc(C)cc3C)c2)cc1. The summed E-state index contributed by atoms with van der Waals surface area (Å²) in [5.41, 5.74) is 5.57. The molecule has 0 aliphatic rings. The third-order valence-electron chi connectivity index (χ3n) is 4.53. The van der Waals surface area contributed by atoms with E-state index in [1.165, 1.54) is 11.1 Å². The number of hydrogen-bond acceptors (Lipinski definition) is 4. The highest BCUT2D eigenvalue weighted by Gasteiger charge is 2.09. The van der Waals surface area contributed by atoms with Gasteiger partial charge in [0.05, 0.1) is 18.4 Å². The highest BCUT2D eigenvalue weighted by Crippen LogP contribution is 2.18. The number of pyridine rings is 1. The zero-order valence-corrected chi connectivity index (χ0v) is 16.5. The Kier molecular flexibility index (Phi) is 6.27. The van der Waals surface area contributed by atoms with Gasteiger partial charge >= 0.3 is 0 Å². The van der Waals surface area contributed by atoms with Crippen LogP contribution in [0.3, 0.4) is 0 Å². The summed E-state index contributed by atoms with van der Waals surface area (Å²) in [5, 5.41) is 6.28. The van der Waals surface area contributed by atoms with Crippen molar-refractivity contribution in [1.82, 2.24) is 4.98 Å². The number of ether oxygens (including phenoxy) is 1. The second-order valence-electron chi connectivity index (χ2n) is 6.76. The van der Waals surface area contributed by atoms with Crippen LogP contribution in [0.25, 0.3) is 0 Å². The smallest absolute Gasteiger partial charge is 0.257 e. The fourth-order valence-electron chi connectivity index (χ4n) is 2.95. The summed E-state index contributed by atoms with van der Waals surface area (Å²) in [5.74, 6) is 0.682. The van der Waals surface area contributed by atoms with E-state index in [0.29, 0.717) is 5.56 Å². The summed E-state index contributed by atoms with van der Waals surface area (Å²) < 4.78 is 5.17. The van der Waals surface area contributed by atoms with E-state index in [9.17, 15) is 4.79 Å². The minimum absolute atomic E-state index is 0.168. The summed E-state index contributed by atoms with van der Waals surface area (Å²) in [6.45, 7) is 4.76. The van der Waals surface area contributed by atoms with Crippen LogP contribution in [0.2, 0.25) is 0 Å². The van der Waals surface area contributed by atoms with Gasteiger partial charge in [-0.25, -0.2) is 0 Å². The Labute approximate surface area is 165 Å². The van der Waals surface area contributed by atoms with Crippen molar-refractivity contribution < 1.29 is 9.53 Å². The van der Waals surface area contributed by atoms with Gasteiger partial charge in [-0.2, -0.15) is 0 Å². The lowest BCUT2D eigenvalue weighted by molar-refractivity contribution is 0.102. The molecule has 0 spiro atoms. The fraction of sp³-hybridized carbons (Fsp3) is 0.217. The number of aromatic nitrogens is 1. The Bertz CT molecular complexity index is 952. The average molecular weight is 375 g/mol. The molecule has 0 saturated carbocycles. The lowest BCUT2D eigenvalue weighted by Gasteiger charge is -2.11. The van der Waals surface area contributed by atoms with Crippen LogP contribution in [0.5, 0.6) is 5.75 Å². The zero-order valence-electron chi connectivity index (χ0n) is 16.5. The van der Waals surface area contributed by atoms with E-state index in [4.69, 9.17) is 4.74 Å². The Morgan fingerprint density at radius 1 is 1.04 bits per heavy atom. The van der Waals surface area contributed by atoms with Crippen LogP contribution in [-0.4, -0.2) is 24.5 Å². The molecule has 0 aliphatic heterocycles. The van der Waals surface area contributed by atoms with E-state index in [0.717, 1.165) is 35.7 Å². The molecule has 2 N–H and O–H groups in total. The zero-order chi connectivity index (χ0) is 19.9. The number of amides is 1. The molecule has 0 unspecified atom stereocenters. The van der Waals surface area contributed by atoms with Gasteiger partial charge in [0, 0.05) is 24.6 Å². The third-order valence-corrected chi connectivity index (χ3v) is 4.53. The summed E-state index contributed by atoms with van der Waals surface area (Å²) in [6, 6.07) is 15.8. The first-order valence-electron chi connectivity index (χ1n) is 9.25. The topological polar surface area (TPSA) is 63.2 Å². The van der Waals surface area contributed by atoms with Crippen molar-refractivity contribution in [3.05, 3.63) is 83.2 Å². The van der Waals surface area contributed by atoms with E-state index in [1.54, 1.807) is 19.5 Å². The molecule has 144 valence electrons. The second-order valence-corrected chi connectivity index (χ2v) is 6.76. The van der Waals surface area contributed by atoms with Crippen molar-refractivity contribution in [2.75, 3.05) is 24.3 Å². The number of benzene rings is 2. The van der Waals surface area contributed by atoms with Crippen molar-refractivity contribution in [2.24, 2.45) is 0 Å². The van der Waals surface area contributed by atoms with Crippen LogP contribution in [0.1, 0.15) is 27.0 Å². The van der Waals surface area contributed by atoms with Gasteiger partial charge < -0.3 is 15.4 Å². The number of carbonyl (C=O) groups excluding carboxylic acids is 1. The average Bonchev–Trinajstić information content (AvgIpc) is 2.71. The number of rotatable bonds is 7. The Morgan fingerprint density at radius 3 is 2.54 bits per heavy atom. The number of nitrogens with zero attached hydrogens (tertiary/aromatic N) is 1. The molecule has 3 aromatic rings. The number of methoxy groups -OCH3 is 1. The lowest BCUT2D eigenvalue weighted by Crippen LogP contribution is -2.14. The minimum Gasteiger partial charge on any atom is -0.497 e. The van der Waals surface area contributed by atoms with E-state index in [1.807, 2.05) is 62.4 Å². The van der Waals surface area contributed by atoms with Crippen LogP contribution in [0, 0.1) is 13.8 Å². The van der Waals surface area contributed by atoms with Crippen molar-refractivity contribution in [3.63, 3.8) is 0 Å². The van der Waals surface area contributed by atoms with Gasteiger partial charge in [0.2, 0.25) is 0 Å². The summed E-state index contributed by atoms with van der Waals surface area (Å²) in [6.07, 6.45) is 4.17. The number of hydrogen-bond donors (Lipinski definition) is 2. The first kappa shape index (κ1) is 19.4. The Hall–Kier alpha value is -3.34. The van der Waals surface area contributed by atoms with E-state index in [2.05, 4.69) is 15.6 Å². The predicted octanol–water partition coefficient (Wildman–Crippen LogP) is 4.61. The van der Waals surface area contributed by atoms with E-state index < -0.39 is 0 Å². The van der Waals surface area contributed by atoms with Gasteiger partial charge in [-0.1, -0.05) is 29.8 Å². The number of aryl methyl sites for hydroxylation is 2. The second kappa shape index (κ2) is 9.04. The summed E-state index contributed by atoms with van der Waals surface area (Å²) >= 11 is 0. The van der Waals surface area contributed by atoms with Gasteiger partial charge in [0.25, 0.3) is 5.91 Å². The predicted molar refractivity (Wildman–Crippen MR) is 113 cm³/mol. The number of carbonyl (C=O) groups is 1. The largest absolute Gasteiger partial charge is 0.497 e. The molecule has 0 saturated heterocycles. The van der Waals surface area contributed by atoms with Crippen molar-refractivity contribution in [3.8, 4) is 5.75 Å². The molecule has 1 amide bonds. The Balaban J connectivity index is 1.58. The van der Waals surface area contributed by atoms with Crippen molar-refractivity contribution in [1.29, 1.82) is 0 Å². The molecule has 0 aliphatic carbocycles. The molecule has 28 heavy (non-hydrogen) atoms. The molecule has 1 aromatic heterocycles. The monoisotopic (exact) mass is 375 g/mol. The maximum Gasteiger partial charge on any atom is 0.257 e. The molecule has 1 heterocycles. The minimum atomic E-state index is -0.168. The molecule has 0 fully saturated rings. The quantitative estimate of drug-likeness (QED) is 0.633. The van der Waals surface area contributed by atoms with Gasteiger partial charge in [-0.3, -0.25) is 9.78 Å². The number of nitrogens with one attached hydrogen (secondary N) is 2. The van der Waals surface area contributed by atoms with Crippen LogP contribution in [0.4, 0.5) is 11.4 Å². The van der Waals surface area contributed by atoms with Crippen LogP contribution in [-0.2, 0) is 6.42 Å². The molecule has 2 aromatic carbocycles. The first-order valence-corrected chi connectivity index (χ1v) is 9.25. The third kappa shape index (κ3) is 5.10. The first-order chi connectivity index (χ1) is 13.5. The number of anilines is 2. The lowest BCUT2D eigenvalue weighted by atomic mass is 10.1. The van der Waals surface area contributed by atoms with E-state index in [-0.39, 0.29) is 5.91 Å². The highest BCUT2D eigenvalue weighted by molar-refractivity contribution is 6.04. The summed E-state index contributed by atoms with van der Waals surface area (Å²) in [7, 11) is 1.66. The van der Waals surface area contributed by atoms with Crippen LogP contribution in [0.15, 0.2) is 60.9 Å². The molecule has 5 nitrogen and oxygen atoms in total. The molecule has 5 heteroatoms. The van der Waals surface area contributed by atoms with E-state index >= 15 is 0 Å². The van der Waals surface area contributed by atoms with Gasteiger partial charge in [-0.05, 0) is 55.7 Å². The fourth-order valence-corrected chi connectivity index (χ4v) is 2.95. The summed E-state index contributed by atoms with van der Waals surface area (Å²) in [4.78, 5) is 16.8. The Morgan fingerprint density at radius 2 is 1.82 bits per heavy atom. The standard InChI is InChI=1S/C23H25N3O2/c1-16-4-9-22(17(2)12-16)26-23(27)19-13-20(15-24-14-19)25-11-10-18-5-7-21(28-3)8-6-18/h4-9,12-15,25H,10-11H2,1-3H3,(H,26,27). The normalized spacial score (nSPS) is 10.4. The highest BCUT2D eigenvalue weighted by atomic mass is 16.5. The maximum absolute atomic E-state index is 12.6.